The first-order valence-corrected chi connectivity index (χ1v) is 10.9. The number of thiazole rings is 2. The largest absolute Gasteiger partial charge is 0.242 e. The SMILES string of the molecule is Cc1csc(C2=Cc3c(nc(C)nc3-c3nc4ccccc4s3)SC2)n1. The number of hydrogen-bond acceptors (Lipinski definition) is 7. The highest BCUT2D eigenvalue weighted by molar-refractivity contribution is 7.99. The van der Waals surface area contributed by atoms with Gasteiger partial charge in [-0.2, -0.15) is 0 Å². The van der Waals surface area contributed by atoms with Crippen molar-refractivity contribution in [2.45, 2.75) is 18.9 Å². The Labute approximate surface area is 163 Å². The lowest BCUT2D eigenvalue weighted by molar-refractivity contribution is 0.963. The van der Waals surface area contributed by atoms with Gasteiger partial charge < -0.3 is 0 Å². The van der Waals surface area contributed by atoms with Crippen molar-refractivity contribution >= 4 is 56.3 Å². The molecular formula is C19H14N4S3. The minimum Gasteiger partial charge on any atom is -0.242 e. The fourth-order valence-electron chi connectivity index (χ4n) is 2.92. The Morgan fingerprint density at radius 2 is 1.85 bits per heavy atom. The summed E-state index contributed by atoms with van der Waals surface area (Å²) in [6.45, 7) is 3.98. The lowest BCUT2D eigenvalue weighted by Gasteiger charge is -2.16. The molecule has 0 atom stereocenters. The molecule has 0 saturated carbocycles. The van der Waals surface area contributed by atoms with Crippen molar-refractivity contribution in [2.24, 2.45) is 0 Å². The van der Waals surface area contributed by atoms with Gasteiger partial charge >= 0.3 is 0 Å². The molecule has 0 fully saturated rings. The lowest BCUT2D eigenvalue weighted by Crippen LogP contribution is -2.04. The molecule has 7 heteroatoms. The predicted molar refractivity (Wildman–Crippen MR) is 111 cm³/mol. The Morgan fingerprint density at radius 1 is 0.962 bits per heavy atom. The summed E-state index contributed by atoms with van der Waals surface area (Å²) in [5, 5.41) is 5.15. The van der Waals surface area contributed by atoms with E-state index in [0.717, 1.165) is 49.1 Å². The van der Waals surface area contributed by atoms with Crippen LogP contribution in [0.2, 0.25) is 0 Å². The molecule has 128 valence electrons. The van der Waals surface area contributed by atoms with Gasteiger partial charge in [0, 0.05) is 22.4 Å². The van der Waals surface area contributed by atoms with Crippen molar-refractivity contribution in [1.82, 2.24) is 19.9 Å². The van der Waals surface area contributed by atoms with Crippen LogP contribution in [-0.4, -0.2) is 25.7 Å². The van der Waals surface area contributed by atoms with Gasteiger partial charge in [0.2, 0.25) is 0 Å². The summed E-state index contributed by atoms with van der Waals surface area (Å²) in [7, 11) is 0. The maximum absolute atomic E-state index is 4.81. The van der Waals surface area contributed by atoms with Crippen molar-refractivity contribution in [3.8, 4) is 10.7 Å². The van der Waals surface area contributed by atoms with Gasteiger partial charge in [-0.05, 0) is 37.6 Å². The first kappa shape index (κ1) is 16.1. The molecule has 4 nitrogen and oxygen atoms in total. The number of fused-ring (bicyclic) bond motifs is 2. The van der Waals surface area contributed by atoms with Gasteiger partial charge in [-0.15, -0.1) is 34.4 Å². The van der Waals surface area contributed by atoms with Gasteiger partial charge in [0.05, 0.1) is 10.2 Å². The Hall–Kier alpha value is -2.09. The van der Waals surface area contributed by atoms with Gasteiger partial charge in [-0.3, -0.25) is 0 Å². The summed E-state index contributed by atoms with van der Waals surface area (Å²) in [4.78, 5) is 18.9. The summed E-state index contributed by atoms with van der Waals surface area (Å²) in [6.07, 6.45) is 2.20. The molecule has 0 amide bonds. The average molecular weight is 395 g/mol. The van der Waals surface area contributed by atoms with Gasteiger partial charge in [-0.1, -0.05) is 12.1 Å². The Balaban J connectivity index is 1.70. The van der Waals surface area contributed by atoms with Crippen LogP contribution in [0.5, 0.6) is 0 Å². The second-order valence-electron chi connectivity index (χ2n) is 6.08. The van der Waals surface area contributed by atoms with Crippen LogP contribution in [0.4, 0.5) is 0 Å². The molecule has 4 aromatic rings. The van der Waals surface area contributed by atoms with E-state index in [1.807, 2.05) is 32.0 Å². The second-order valence-corrected chi connectivity index (χ2v) is 8.93. The minimum atomic E-state index is 0.785. The number of nitrogens with zero attached hydrogens (tertiary/aromatic N) is 4. The highest BCUT2D eigenvalue weighted by atomic mass is 32.2. The van der Waals surface area contributed by atoms with Gasteiger partial charge in [0.1, 0.15) is 26.6 Å². The molecule has 5 rings (SSSR count). The van der Waals surface area contributed by atoms with Crippen molar-refractivity contribution in [2.75, 3.05) is 5.75 Å². The number of thioether (sulfide) groups is 1. The van der Waals surface area contributed by atoms with E-state index in [1.165, 1.54) is 10.3 Å². The molecule has 0 bridgehead atoms. The summed E-state index contributed by atoms with van der Waals surface area (Å²) in [5.74, 6) is 1.67. The molecule has 0 saturated heterocycles. The van der Waals surface area contributed by atoms with Gasteiger partial charge in [0.15, 0.2) is 0 Å². The molecule has 0 radical (unpaired) electrons. The zero-order chi connectivity index (χ0) is 17.7. The van der Waals surface area contributed by atoms with E-state index >= 15 is 0 Å². The van der Waals surface area contributed by atoms with E-state index in [2.05, 4.69) is 27.5 Å². The number of hydrogen-bond donors (Lipinski definition) is 0. The van der Waals surface area contributed by atoms with Crippen LogP contribution in [0, 0.1) is 13.8 Å². The molecule has 0 N–H and O–H groups in total. The number of para-hydroxylation sites is 1. The smallest absolute Gasteiger partial charge is 0.143 e. The first-order chi connectivity index (χ1) is 12.7. The predicted octanol–water partition coefficient (Wildman–Crippen LogP) is 5.47. The normalized spacial score (nSPS) is 13.7. The number of aromatic nitrogens is 4. The van der Waals surface area contributed by atoms with E-state index in [0.29, 0.717) is 0 Å². The summed E-state index contributed by atoms with van der Waals surface area (Å²) in [5.41, 5.74) is 5.30. The Morgan fingerprint density at radius 3 is 2.65 bits per heavy atom. The molecule has 1 aliphatic rings. The fourth-order valence-corrected chi connectivity index (χ4v) is 5.81. The molecule has 3 aromatic heterocycles. The Kier molecular flexibility index (Phi) is 3.88. The van der Waals surface area contributed by atoms with E-state index in [1.54, 1.807) is 34.4 Å². The minimum absolute atomic E-state index is 0.785. The monoisotopic (exact) mass is 394 g/mol. The van der Waals surface area contributed by atoms with Crippen molar-refractivity contribution in [3.63, 3.8) is 0 Å². The quantitative estimate of drug-likeness (QED) is 0.422. The highest BCUT2D eigenvalue weighted by Crippen LogP contribution is 2.41. The molecule has 0 spiro atoms. The van der Waals surface area contributed by atoms with Crippen molar-refractivity contribution in [1.29, 1.82) is 0 Å². The third kappa shape index (κ3) is 2.76. The summed E-state index contributed by atoms with van der Waals surface area (Å²) >= 11 is 5.13. The lowest BCUT2D eigenvalue weighted by atomic mass is 10.1. The van der Waals surface area contributed by atoms with E-state index in [9.17, 15) is 0 Å². The first-order valence-electron chi connectivity index (χ1n) is 8.18. The average Bonchev–Trinajstić information content (AvgIpc) is 3.26. The van der Waals surface area contributed by atoms with Crippen LogP contribution in [-0.2, 0) is 0 Å². The number of rotatable bonds is 2. The van der Waals surface area contributed by atoms with Gasteiger partial charge in [0.25, 0.3) is 0 Å². The Bertz CT molecular complexity index is 1140. The fraction of sp³-hybridized carbons (Fsp3) is 0.158. The van der Waals surface area contributed by atoms with Crippen LogP contribution in [0.25, 0.3) is 32.6 Å². The molecule has 26 heavy (non-hydrogen) atoms. The van der Waals surface area contributed by atoms with Crippen LogP contribution in [0.3, 0.4) is 0 Å². The van der Waals surface area contributed by atoms with E-state index in [4.69, 9.17) is 9.97 Å². The summed E-state index contributed by atoms with van der Waals surface area (Å²) in [6, 6.07) is 8.21. The van der Waals surface area contributed by atoms with E-state index < -0.39 is 0 Å². The molecule has 0 aliphatic carbocycles. The van der Waals surface area contributed by atoms with Crippen LogP contribution >= 0.6 is 34.4 Å². The maximum Gasteiger partial charge on any atom is 0.143 e. The standard InChI is InChI=1S/C19H14N4S3/c1-10-8-24-17(20-10)12-7-13-16(21-11(2)22-18(13)25-9-12)19-23-14-5-3-4-6-15(14)26-19/h3-8H,9H2,1-2H3. The maximum atomic E-state index is 4.81. The van der Waals surface area contributed by atoms with Gasteiger partial charge in [-0.25, -0.2) is 19.9 Å². The second kappa shape index (κ2) is 6.26. The van der Waals surface area contributed by atoms with E-state index in [-0.39, 0.29) is 0 Å². The molecule has 4 heterocycles. The third-order valence-electron chi connectivity index (χ3n) is 4.10. The zero-order valence-corrected chi connectivity index (χ0v) is 16.6. The topological polar surface area (TPSA) is 51.6 Å². The number of aryl methyl sites for hydroxylation is 2. The zero-order valence-electron chi connectivity index (χ0n) is 14.2. The highest BCUT2D eigenvalue weighted by Gasteiger charge is 2.22. The molecule has 1 aromatic carbocycles. The third-order valence-corrected chi connectivity index (χ3v) is 7.21. The van der Waals surface area contributed by atoms with Crippen molar-refractivity contribution in [3.05, 3.63) is 51.7 Å². The van der Waals surface area contributed by atoms with Crippen LogP contribution < -0.4 is 0 Å². The summed E-state index contributed by atoms with van der Waals surface area (Å²) < 4.78 is 1.18. The molecule has 1 aliphatic heterocycles. The molecule has 0 unspecified atom stereocenters. The van der Waals surface area contributed by atoms with Crippen LogP contribution in [0.15, 0.2) is 34.7 Å². The molecular weight excluding hydrogens is 380 g/mol. The van der Waals surface area contributed by atoms with Crippen LogP contribution in [0.1, 0.15) is 22.1 Å². The number of benzene rings is 1. The van der Waals surface area contributed by atoms with Crippen molar-refractivity contribution < 1.29 is 0 Å².